The summed E-state index contributed by atoms with van der Waals surface area (Å²) in [5.74, 6) is 1.12. The van der Waals surface area contributed by atoms with Crippen LogP contribution in [-0.2, 0) is 16.1 Å². The van der Waals surface area contributed by atoms with Crippen LogP contribution in [0.1, 0.15) is 37.3 Å². The number of rotatable bonds is 6. The second-order valence-corrected chi connectivity index (χ2v) is 6.47. The molecule has 2 N–H and O–H groups in total. The van der Waals surface area contributed by atoms with Gasteiger partial charge in [-0.25, -0.2) is 0 Å². The molecule has 0 fully saturated rings. The van der Waals surface area contributed by atoms with Gasteiger partial charge >= 0.3 is 0 Å². The lowest BCUT2D eigenvalue weighted by Crippen LogP contribution is -2.27. The topological polar surface area (TPSA) is 76.7 Å². The van der Waals surface area contributed by atoms with Gasteiger partial charge in [-0.3, -0.25) is 9.59 Å². The molecule has 3 rings (SSSR count). The second kappa shape index (κ2) is 7.91. The number of carbonyl (C=O) groups excluding carboxylic acids is 2. The quantitative estimate of drug-likeness (QED) is 0.781. The molecule has 6 nitrogen and oxygen atoms in total. The van der Waals surface area contributed by atoms with Crippen molar-refractivity contribution in [1.82, 2.24) is 5.32 Å². The number of nitrogens with one attached hydrogen (secondary N) is 2. The van der Waals surface area contributed by atoms with Crippen LogP contribution in [0, 0.1) is 0 Å². The molecule has 2 aromatic rings. The first-order chi connectivity index (χ1) is 12.5. The normalized spacial score (nSPS) is 12.1. The Labute approximate surface area is 152 Å². The predicted octanol–water partition coefficient (Wildman–Crippen LogP) is 3.18. The Morgan fingerprint density at radius 3 is 2.46 bits per heavy atom. The van der Waals surface area contributed by atoms with Crippen LogP contribution in [0.3, 0.4) is 0 Å². The maximum atomic E-state index is 12.0. The molecule has 0 radical (unpaired) electrons. The van der Waals surface area contributed by atoms with Gasteiger partial charge in [0.05, 0.1) is 0 Å². The highest BCUT2D eigenvalue weighted by Crippen LogP contribution is 2.32. The number of hydrogen-bond acceptors (Lipinski definition) is 4. The van der Waals surface area contributed by atoms with Gasteiger partial charge in [-0.2, -0.15) is 0 Å². The third kappa shape index (κ3) is 4.53. The Balaban J connectivity index is 1.46. The minimum Gasteiger partial charge on any atom is -0.454 e. The van der Waals surface area contributed by atoms with Gasteiger partial charge in [0.2, 0.25) is 18.6 Å². The fourth-order valence-electron chi connectivity index (χ4n) is 2.62. The lowest BCUT2D eigenvalue weighted by atomic mass is 10.0. The highest BCUT2D eigenvalue weighted by atomic mass is 16.7. The molecule has 0 aliphatic carbocycles. The standard InChI is InChI=1S/C20H22N2O4/c1-13(2)15-4-6-16(7-5-15)22-20(24)10-19(23)21-11-14-3-8-17-18(9-14)26-12-25-17/h3-9,13H,10-12H2,1-2H3,(H,21,23)(H,22,24). The molecule has 136 valence electrons. The van der Waals surface area contributed by atoms with E-state index in [-0.39, 0.29) is 25.0 Å². The molecule has 2 aromatic carbocycles. The molecule has 0 bridgehead atoms. The number of hydrogen-bond donors (Lipinski definition) is 2. The predicted molar refractivity (Wildman–Crippen MR) is 98.2 cm³/mol. The van der Waals surface area contributed by atoms with Gasteiger partial charge in [0.15, 0.2) is 11.5 Å². The minimum atomic E-state index is -0.342. The van der Waals surface area contributed by atoms with Crippen LogP contribution >= 0.6 is 0 Å². The maximum absolute atomic E-state index is 12.0. The summed E-state index contributed by atoms with van der Waals surface area (Å²) in [7, 11) is 0. The Kier molecular flexibility index (Phi) is 5.41. The zero-order valence-corrected chi connectivity index (χ0v) is 14.9. The van der Waals surface area contributed by atoms with E-state index in [1.807, 2.05) is 36.4 Å². The summed E-state index contributed by atoms with van der Waals surface area (Å²) in [5.41, 5.74) is 2.76. The number of ether oxygens (including phenoxy) is 2. The van der Waals surface area contributed by atoms with Crippen molar-refractivity contribution in [3.63, 3.8) is 0 Å². The van der Waals surface area contributed by atoms with Gasteiger partial charge < -0.3 is 20.1 Å². The molecule has 0 unspecified atom stereocenters. The van der Waals surface area contributed by atoms with E-state index >= 15 is 0 Å². The minimum absolute atomic E-state index is 0.212. The number of amides is 2. The lowest BCUT2D eigenvalue weighted by molar-refractivity contribution is -0.126. The van der Waals surface area contributed by atoms with E-state index in [0.29, 0.717) is 29.6 Å². The molecular weight excluding hydrogens is 332 g/mol. The first-order valence-corrected chi connectivity index (χ1v) is 8.56. The van der Waals surface area contributed by atoms with Gasteiger partial charge in [-0.15, -0.1) is 0 Å². The van der Waals surface area contributed by atoms with E-state index in [2.05, 4.69) is 24.5 Å². The first-order valence-electron chi connectivity index (χ1n) is 8.56. The average Bonchev–Trinajstić information content (AvgIpc) is 3.08. The zero-order chi connectivity index (χ0) is 18.5. The Morgan fingerprint density at radius 2 is 1.73 bits per heavy atom. The molecule has 0 aromatic heterocycles. The van der Waals surface area contributed by atoms with Gasteiger partial charge in [0.25, 0.3) is 0 Å². The third-order valence-corrected chi connectivity index (χ3v) is 4.11. The number of anilines is 1. The van der Waals surface area contributed by atoms with Gasteiger partial charge in [-0.1, -0.05) is 32.0 Å². The van der Waals surface area contributed by atoms with Crippen molar-refractivity contribution in [2.24, 2.45) is 0 Å². The number of benzene rings is 2. The van der Waals surface area contributed by atoms with Crippen molar-refractivity contribution in [2.45, 2.75) is 32.7 Å². The monoisotopic (exact) mass is 354 g/mol. The van der Waals surface area contributed by atoms with E-state index in [9.17, 15) is 9.59 Å². The van der Waals surface area contributed by atoms with E-state index in [1.165, 1.54) is 5.56 Å². The highest BCUT2D eigenvalue weighted by molar-refractivity contribution is 6.03. The van der Waals surface area contributed by atoms with Crippen molar-refractivity contribution < 1.29 is 19.1 Å². The highest BCUT2D eigenvalue weighted by Gasteiger charge is 2.14. The second-order valence-electron chi connectivity index (χ2n) is 6.47. The van der Waals surface area contributed by atoms with E-state index in [1.54, 1.807) is 6.07 Å². The van der Waals surface area contributed by atoms with E-state index in [0.717, 1.165) is 5.56 Å². The largest absolute Gasteiger partial charge is 0.454 e. The van der Waals surface area contributed by atoms with Crippen molar-refractivity contribution in [1.29, 1.82) is 0 Å². The summed E-state index contributed by atoms with van der Waals surface area (Å²) < 4.78 is 10.5. The third-order valence-electron chi connectivity index (χ3n) is 4.11. The van der Waals surface area contributed by atoms with Gasteiger partial charge in [0.1, 0.15) is 6.42 Å². The van der Waals surface area contributed by atoms with Crippen molar-refractivity contribution in [2.75, 3.05) is 12.1 Å². The molecule has 1 aliphatic heterocycles. The van der Waals surface area contributed by atoms with E-state index in [4.69, 9.17) is 9.47 Å². The SMILES string of the molecule is CC(C)c1ccc(NC(=O)CC(=O)NCc2ccc3c(c2)OCO3)cc1. The lowest BCUT2D eigenvalue weighted by Gasteiger charge is -2.09. The molecule has 26 heavy (non-hydrogen) atoms. The van der Waals surface area contributed by atoms with Crippen LogP contribution in [-0.4, -0.2) is 18.6 Å². The van der Waals surface area contributed by atoms with Gasteiger partial charge in [0, 0.05) is 12.2 Å². The zero-order valence-electron chi connectivity index (χ0n) is 14.9. The molecular formula is C20H22N2O4. The molecule has 0 saturated heterocycles. The van der Waals surface area contributed by atoms with Crippen LogP contribution in [0.2, 0.25) is 0 Å². The molecule has 6 heteroatoms. The summed E-state index contributed by atoms with van der Waals surface area (Å²) in [6.07, 6.45) is -0.226. The summed E-state index contributed by atoms with van der Waals surface area (Å²) in [5, 5.41) is 5.47. The smallest absolute Gasteiger partial charge is 0.233 e. The fourth-order valence-corrected chi connectivity index (χ4v) is 2.62. The summed E-state index contributed by atoms with van der Waals surface area (Å²) in [6, 6.07) is 13.1. The molecule has 2 amide bonds. The fraction of sp³-hybridized carbons (Fsp3) is 0.300. The van der Waals surface area contributed by atoms with Gasteiger partial charge in [-0.05, 0) is 41.3 Å². The van der Waals surface area contributed by atoms with Crippen LogP contribution in [0.15, 0.2) is 42.5 Å². The van der Waals surface area contributed by atoms with Crippen LogP contribution in [0.5, 0.6) is 11.5 Å². The Hall–Kier alpha value is -3.02. The molecule has 0 spiro atoms. The molecule has 1 aliphatic rings. The number of carbonyl (C=O) groups is 2. The average molecular weight is 354 g/mol. The maximum Gasteiger partial charge on any atom is 0.233 e. The summed E-state index contributed by atoms with van der Waals surface area (Å²) >= 11 is 0. The molecule has 1 heterocycles. The van der Waals surface area contributed by atoms with Crippen molar-refractivity contribution in [3.05, 3.63) is 53.6 Å². The summed E-state index contributed by atoms with van der Waals surface area (Å²) in [6.45, 7) is 4.76. The van der Waals surface area contributed by atoms with Crippen LogP contribution in [0.25, 0.3) is 0 Å². The van der Waals surface area contributed by atoms with E-state index < -0.39 is 0 Å². The summed E-state index contributed by atoms with van der Waals surface area (Å²) in [4.78, 5) is 24.0. The first kappa shape index (κ1) is 17.8. The van der Waals surface area contributed by atoms with Crippen LogP contribution < -0.4 is 20.1 Å². The number of fused-ring (bicyclic) bond motifs is 1. The van der Waals surface area contributed by atoms with Crippen molar-refractivity contribution in [3.8, 4) is 11.5 Å². The Morgan fingerprint density at radius 1 is 1.00 bits per heavy atom. The van der Waals surface area contributed by atoms with Crippen molar-refractivity contribution >= 4 is 17.5 Å². The molecule has 0 atom stereocenters. The molecule has 0 saturated carbocycles. The Bertz CT molecular complexity index is 800. The van der Waals surface area contributed by atoms with Crippen LogP contribution in [0.4, 0.5) is 5.69 Å².